The van der Waals surface area contributed by atoms with Gasteiger partial charge in [0.1, 0.15) is 0 Å². The first-order chi connectivity index (χ1) is 7.74. The third-order valence-electron chi connectivity index (χ3n) is 1.82. The molecule has 0 heterocycles. The SMILES string of the molecule is CC.CC.CC/C=C(\CCC(C)[N-]C)N=O.[W]. The van der Waals surface area contributed by atoms with Crippen molar-refractivity contribution in [2.24, 2.45) is 5.18 Å². The zero-order valence-electron chi connectivity index (χ0n) is 12.5. The van der Waals surface area contributed by atoms with Crippen molar-refractivity contribution in [1.29, 1.82) is 0 Å². The van der Waals surface area contributed by atoms with E-state index < -0.39 is 0 Å². The molecule has 0 aromatic rings. The van der Waals surface area contributed by atoms with Gasteiger partial charge < -0.3 is 5.32 Å². The summed E-state index contributed by atoms with van der Waals surface area (Å²) < 4.78 is 0. The van der Waals surface area contributed by atoms with Gasteiger partial charge in [-0.15, -0.1) is 10.9 Å². The van der Waals surface area contributed by atoms with Crippen LogP contribution in [-0.4, -0.2) is 13.1 Å². The van der Waals surface area contributed by atoms with E-state index in [9.17, 15) is 4.91 Å². The molecule has 0 N–H and O–H groups in total. The van der Waals surface area contributed by atoms with E-state index in [4.69, 9.17) is 0 Å². The fourth-order valence-corrected chi connectivity index (χ4v) is 0.906. The monoisotopic (exact) mass is 413 g/mol. The van der Waals surface area contributed by atoms with E-state index >= 15 is 0 Å². The van der Waals surface area contributed by atoms with E-state index in [1.807, 2.05) is 47.6 Å². The molecule has 1 unspecified atom stereocenters. The topological polar surface area (TPSA) is 43.5 Å². The molecule has 3 nitrogen and oxygen atoms in total. The Morgan fingerprint density at radius 2 is 1.76 bits per heavy atom. The predicted octanol–water partition coefficient (Wildman–Crippen LogP) is 5.27. The van der Waals surface area contributed by atoms with Crippen molar-refractivity contribution in [2.45, 2.75) is 66.8 Å². The van der Waals surface area contributed by atoms with Gasteiger partial charge >= 0.3 is 0 Å². The molecule has 0 aliphatic rings. The molecule has 0 rings (SSSR count). The van der Waals surface area contributed by atoms with Gasteiger partial charge in [-0.3, -0.25) is 0 Å². The Kier molecular flexibility index (Phi) is 37.8. The molecule has 104 valence electrons. The third kappa shape index (κ3) is 21.8. The molecular weight excluding hydrogens is 384 g/mol. The molecule has 1 atom stereocenters. The maximum Gasteiger partial charge on any atom is 0.0808 e. The first-order valence-corrected chi connectivity index (χ1v) is 6.35. The Bertz CT molecular complexity index is 161. The van der Waals surface area contributed by atoms with Crippen LogP contribution < -0.4 is 0 Å². The number of hydrogen-bond donors (Lipinski definition) is 0. The molecule has 4 heteroatoms. The van der Waals surface area contributed by atoms with Gasteiger partial charge in [-0.05, 0) is 18.0 Å². The fourth-order valence-electron chi connectivity index (χ4n) is 0.906. The van der Waals surface area contributed by atoms with Crippen molar-refractivity contribution in [3.63, 3.8) is 0 Å². The summed E-state index contributed by atoms with van der Waals surface area (Å²) in [7, 11) is 1.79. The molecule has 0 radical (unpaired) electrons. The molecular formula is C13H29N2OW-. The van der Waals surface area contributed by atoms with Crippen LogP contribution in [0.5, 0.6) is 0 Å². The van der Waals surface area contributed by atoms with Crippen LogP contribution in [-0.2, 0) is 21.1 Å². The average Bonchev–Trinajstić information content (AvgIpc) is 2.38. The summed E-state index contributed by atoms with van der Waals surface area (Å²) in [5.74, 6) is 0. The Hall–Kier alpha value is -0.0117. The molecule has 0 aliphatic heterocycles. The van der Waals surface area contributed by atoms with Gasteiger partial charge in [-0.25, -0.2) is 0 Å². The molecule has 0 aromatic heterocycles. The van der Waals surface area contributed by atoms with Crippen LogP contribution in [0.2, 0.25) is 0 Å². The minimum atomic E-state index is 0. The van der Waals surface area contributed by atoms with Crippen LogP contribution in [0.3, 0.4) is 0 Å². The summed E-state index contributed by atoms with van der Waals surface area (Å²) in [6.45, 7) is 12.0. The van der Waals surface area contributed by atoms with Crippen molar-refractivity contribution < 1.29 is 21.1 Å². The number of rotatable bonds is 6. The minimum Gasteiger partial charge on any atom is -0.662 e. The molecule has 0 saturated carbocycles. The smallest absolute Gasteiger partial charge is 0.0808 e. The molecule has 0 spiro atoms. The fraction of sp³-hybridized carbons (Fsp3) is 0.846. The summed E-state index contributed by atoms with van der Waals surface area (Å²) >= 11 is 0. The van der Waals surface area contributed by atoms with E-state index in [2.05, 4.69) is 10.5 Å². The van der Waals surface area contributed by atoms with Gasteiger partial charge in [-0.2, -0.15) is 7.05 Å². The largest absolute Gasteiger partial charge is 0.662 e. The third-order valence-corrected chi connectivity index (χ3v) is 1.82. The zero-order chi connectivity index (χ0) is 13.4. The number of nitroso groups, excluding NO2 is 1. The minimum absolute atomic E-state index is 0. The van der Waals surface area contributed by atoms with Crippen LogP contribution in [0.4, 0.5) is 0 Å². The van der Waals surface area contributed by atoms with E-state index in [0.29, 0.717) is 11.7 Å². The van der Waals surface area contributed by atoms with Crippen molar-refractivity contribution in [3.8, 4) is 0 Å². The maximum atomic E-state index is 10.2. The predicted molar refractivity (Wildman–Crippen MR) is 74.8 cm³/mol. The molecule has 17 heavy (non-hydrogen) atoms. The van der Waals surface area contributed by atoms with Gasteiger partial charge in [0.2, 0.25) is 0 Å². The number of allylic oxidation sites excluding steroid dienone is 2. The Morgan fingerprint density at radius 1 is 1.29 bits per heavy atom. The van der Waals surface area contributed by atoms with Gasteiger partial charge in [0.25, 0.3) is 0 Å². The van der Waals surface area contributed by atoms with E-state index in [0.717, 1.165) is 19.3 Å². The first kappa shape index (κ1) is 25.7. The van der Waals surface area contributed by atoms with Gasteiger partial charge in [0, 0.05) is 21.1 Å². The molecule has 0 aliphatic carbocycles. The second-order valence-electron chi connectivity index (χ2n) is 2.84. The van der Waals surface area contributed by atoms with E-state index in [1.165, 1.54) is 0 Å². The van der Waals surface area contributed by atoms with Gasteiger partial charge in [0.05, 0.1) is 5.70 Å². The quantitative estimate of drug-likeness (QED) is 0.548. The molecule has 0 aromatic carbocycles. The Labute approximate surface area is 122 Å². The van der Waals surface area contributed by atoms with Crippen LogP contribution in [0.15, 0.2) is 16.9 Å². The standard InChI is InChI=1S/C9H17N2O.2C2H6.W/c1-4-5-9(11-12)7-6-8(2)10-3;2*1-2;/h5,8H,4,6-7H2,1-3H3;2*1-2H3;/q-1;;;/b9-5+;;;. The summed E-state index contributed by atoms with van der Waals surface area (Å²) in [5, 5.41) is 7.04. The van der Waals surface area contributed by atoms with Crippen LogP contribution in [0, 0.1) is 4.91 Å². The van der Waals surface area contributed by atoms with Crippen molar-refractivity contribution in [1.82, 2.24) is 0 Å². The van der Waals surface area contributed by atoms with Gasteiger partial charge in [-0.1, -0.05) is 54.0 Å². The number of nitrogens with zero attached hydrogens (tertiary/aromatic N) is 2. The Morgan fingerprint density at radius 3 is 2.06 bits per heavy atom. The van der Waals surface area contributed by atoms with E-state index in [-0.39, 0.29) is 21.1 Å². The van der Waals surface area contributed by atoms with Crippen molar-refractivity contribution in [3.05, 3.63) is 22.0 Å². The molecule has 0 amide bonds. The first-order valence-electron chi connectivity index (χ1n) is 6.35. The van der Waals surface area contributed by atoms with Crippen LogP contribution in [0.25, 0.3) is 5.32 Å². The summed E-state index contributed by atoms with van der Waals surface area (Å²) in [5.41, 5.74) is 0.660. The summed E-state index contributed by atoms with van der Waals surface area (Å²) in [6.07, 6.45) is 4.40. The normalized spacial score (nSPS) is 10.9. The summed E-state index contributed by atoms with van der Waals surface area (Å²) in [4.78, 5) is 10.2. The average molecular weight is 413 g/mol. The van der Waals surface area contributed by atoms with E-state index in [1.54, 1.807) is 7.05 Å². The van der Waals surface area contributed by atoms with Gasteiger partial charge in [0.15, 0.2) is 0 Å². The maximum absolute atomic E-state index is 10.2. The molecule has 0 fully saturated rings. The summed E-state index contributed by atoms with van der Waals surface area (Å²) in [6, 6.07) is 0.326. The second-order valence-corrected chi connectivity index (χ2v) is 2.84. The van der Waals surface area contributed by atoms with Crippen molar-refractivity contribution in [2.75, 3.05) is 7.05 Å². The van der Waals surface area contributed by atoms with Crippen LogP contribution >= 0.6 is 0 Å². The molecule has 0 saturated heterocycles. The zero-order valence-corrected chi connectivity index (χ0v) is 15.4. The number of hydrogen-bond acceptors (Lipinski definition) is 2. The van der Waals surface area contributed by atoms with Crippen LogP contribution in [0.1, 0.15) is 60.8 Å². The Balaban J connectivity index is -0.000000152. The van der Waals surface area contributed by atoms with Crippen molar-refractivity contribution >= 4 is 0 Å². The molecule has 0 bridgehead atoms. The second kappa shape index (κ2) is 25.0.